The number of hydrogen-bond donors (Lipinski definition) is 0. The van der Waals surface area contributed by atoms with Crippen LogP contribution in [0.2, 0.25) is 0 Å². The molecule has 0 bridgehead atoms. The molecule has 116 valence electrons. The smallest absolute Gasteiger partial charge is 0 e. The maximum atomic E-state index is 2.28. The molecule has 0 amide bonds. The first-order chi connectivity index (χ1) is 10.6. The minimum absolute atomic E-state index is 0. The van der Waals surface area contributed by atoms with Gasteiger partial charge in [0.15, 0.2) is 0 Å². The molecule has 3 aromatic rings. The van der Waals surface area contributed by atoms with E-state index in [2.05, 4.69) is 93.6 Å². The fourth-order valence-corrected chi connectivity index (χ4v) is 4.76. The molecule has 0 saturated heterocycles. The molecule has 0 aromatic heterocycles. The van der Waals surface area contributed by atoms with Crippen LogP contribution in [0.5, 0.6) is 0 Å². The van der Waals surface area contributed by atoms with E-state index in [9.17, 15) is 0 Å². The van der Waals surface area contributed by atoms with Crippen LogP contribution in [0.3, 0.4) is 0 Å². The summed E-state index contributed by atoms with van der Waals surface area (Å²) in [4.78, 5) is 0. The van der Waals surface area contributed by atoms with Gasteiger partial charge in [-0.3, -0.25) is 0 Å². The van der Waals surface area contributed by atoms with Crippen molar-refractivity contribution in [1.29, 1.82) is 0 Å². The van der Waals surface area contributed by atoms with Crippen molar-refractivity contribution in [2.45, 2.75) is 20.8 Å². The number of benzene rings is 3. The molecule has 0 spiro atoms. The van der Waals surface area contributed by atoms with E-state index in [1.807, 2.05) is 0 Å². The Morgan fingerprint density at radius 3 is 0.870 bits per heavy atom. The molecule has 23 heavy (non-hydrogen) atoms. The average Bonchev–Trinajstić information content (AvgIpc) is 2.53. The molecule has 0 aliphatic carbocycles. The maximum Gasteiger partial charge on any atom is 0 e. The summed E-state index contributed by atoms with van der Waals surface area (Å²) in [5.41, 5.74) is 3.93. The van der Waals surface area contributed by atoms with Gasteiger partial charge in [-0.15, -0.1) is 0 Å². The van der Waals surface area contributed by atoms with E-state index in [0.717, 1.165) is 0 Å². The average molecular weight is 336 g/mol. The third-order valence-electron chi connectivity index (χ3n) is 3.88. The SMILES string of the molecule is Cc1ccc(P(c2ccc(C)cc2)c2ccc(C)cc2)cc1.[S]. The van der Waals surface area contributed by atoms with Crippen molar-refractivity contribution in [3.05, 3.63) is 89.5 Å². The fraction of sp³-hybridized carbons (Fsp3) is 0.143. The zero-order chi connectivity index (χ0) is 15.5. The Morgan fingerprint density at radius 1 is 0.435 bits per heavy atom. The van der Waals surface area contributed by atoms with Crippen LogP contribution >= 0.6 is 21.4 Å². The maximum absolute atomic E-state index is 2.28. The van der Waals surface area contributed by atoms with Crippen LogP contribution in [-0.4, -0.2) is 0 Å². The molecule has 0 saturated carbocycles. The largest absolute Gasteiger partial charge is 0.0587 e. The monoisotopic (exact) mass is 336 g/mol. The van der Waals surface area contributed by atoms with Gasteiger partial charge in [0.25, 0.3) is 0 Å². The van der Waals surface area contributed by atoms with Crippen molar-refractivity contribution in [1.82, 2.24) is 0 Å². The van der Waals surface area contributed by atoms with Crippen LogP contribution in [0.25, 0.3) is 0 Å². The highest BCUT2D eigenvalue weighted by molar-refractivity contribution is 7.79. The Hall–Kier alpha value is -1.56. The third kappa shape index (κ3) is 4.25. The van der Waals surface area contributed by atoms with Gasteiger partial charge in [-0.2, -0.15) is 0 Å². The predicted molar refractivity (Wildman–Crippen MR) is 107 cm³/mol. The number of rotatable bonds is 3. The van der Waals surface area contributed by atoms with E-state index in [0.29, 0.717) is 0 Å². The van der Waals surface area contributed by atoms with Gasteiger partial charge in [-0.1, -0.05) is 89.5 Å². The second-order valence-electron chi connectivity index (χ2n) is 5.84. The van der Waals surface area contributed by atoms with E-state index < -0.39 is 7.92 Å². The van der Waals surface area contributed by atoms with Crippen molar-refractivity contribution < 1.29 is 0 Å². The summed E-state index contributed by atoms with van der Waals surface area (Å²) in [6.07, 6.45) is 0. The van der Waals surface area contributed by atoms with Gasteiger partial charge in [-0.05, 0) is 44.6 Å². The van der Waals surface area contributed by atoms with E-state index in [1.165, 1.54) is 32.6 Å². The lowest BCUT2D eigenvalue weighted by atomic mass is 10.2. The first kappa shape index (κ1) is 17.8. The van der Waals surface area contributed by atoms with Crippen molar-refractivity contribution in [2.24, 2.45) is 0 Å². The second kappa shape index (κ2) is 7.81. The normalized spacial score (nSPS) is 10.4. The van der Waals surface area contributed by atoms with Gasteiger partial charge in [-0.25, -0.2) is 0 Å². The minimum atomic E-state index is -0.483. The Bertz CT molecular complexity index is 635. The van der Waals surface area contributed by atoms with Crippen molar-refractivity contribution >= 4 is 37.3 Å². The van der Waals surface area contributed by atoms with Crippen LogP contribution in [0.1, 0.15) is 16.7 Å². The Morgan fingerprint density at radius 2 is 0.652 bits per heavy atom. The molecule has 3 rings (SSSR count). The summed E-state index contributed by atoms with van der Waals surface area (Å²) in [5, 5.41) is 4.23. The lowest BCUT2D eigenvalue weighted by Gasteiger charge is -2.20. The standard InChI is InChI=1S/C21H21P.S/c1-16-4-10-19(11-5-16)22(20-12-6-17(2)7-13-20)21-14-8-18(3)9-15-21;/h4-15H,1-3H3;. The molecule has 2 radical (unpaired) electrons. The summed E-state index contributed by atoms with van der Waals surface area (Å²) in [6, 6.07) is 27.0. The van der Waals surface area contributed by atoms with Crippen LogP contribution in [0, 0.1) is 20.8 Å². The van der Waals surface area contributed by atoms with E-state index in [1.54, 1.807) is 0 Å². The summed E-state index contributed by atoms with van der Waals surface area (Å²) >= 11 is 0. The molecular weight excluding hydrogens is 315 g/mol. The van der Waals surface area contributed by atoms with Gasteiger partial charge >= 0.3 is 0 Å². The summed E-state index contributed by atoms with van der Waals surface area (Å²) in [7, 11) is -0.483. The van der Waals surface area contributed by atoms with Gasteiger partial charge in [0.2, 0.25) is 0 Å². The first-order valence-electron chi connectivity index (χ1n) is 7.63. The molecule has 0 nitrogen and oxygen atoms in total. The zero-order valence-electron chi connectivity index (χ0n) is 13.8. The first-order valence-corrected chi connectivity index (χ1v) is 8.98. The van der Waals surface area contributed by atoms with Gasteiger partial charge in [0, 0.05) is 13.5 Å². The highest BCUT2D eigenvalue weighted by Crippen LogP contribution is 2.32. The van der Waals surface area contributed by atoms with Crippen molar-refractivity contribution in [3.63, 3.8) is 0 Å². The zero-order valence-corrected chi connectivity index (χ0v) is 15.5. The predicted octanol–water partition coefficient (Wildman–Crippen LogP) is 5.02. The van der Waals surface area contributed by atoms with Crippen molar-refractivity contribution in [2.75, 3.05) is 0 Å². The molecular formula is C21H21PS. The number of hydrogen-bond acceptors (Lipinski definition) is 0. The van der Waals surface area contributed by atoms with Crippen molar-refractivity contribution in [3.8, 4) is 0 Å². The lowest BCUT2D eigenvalue weighted by Crippen LogP contribution is -2.20. The highest BCUT2D eigenvalue weighted by atomic mass is 32.1. The Labute approximate surface area is 147 Å². The summed E-state index contributed by atoms with van der Waals surface area (Å²) in [6.45, 7) is 6.43. The van der Waals surface area contributed by atoms with Crippen LogP contribution in [-0.2, 0) is 0 Å². The quantitative estimate of drug-likeness (QED) is 0.589. The van der Waals surface area contributed by atoms with Gasteiger partial charge < -0.3 is 0 Å². The van der Waals surface area contributed by atoms with Crippen LogP contribution in [0.15, 0.2) is 72.8 Å². The molecule has 0 atom stereocenters. The number of aryl methyl sites for hydroxylation is 3. The minimum Gasteiger partial charge on any atom is -0.0587 e. The lowest BCUT2D eigenvalue weighted by molar-refractivity contribution is 1.48. The fourth-order valence-electron chi connectivity index (χ4n) is 2.53. The van der Waals surface area contributed by atoms with Crippen LogP contribution < -0.4 is 15.9 Å². The Kier molecular flexibility index (Phi) is 6.04. The summed E-state index contributed by atoms with van der Waals surface area (Å²) in [5.74, 6) is 0. The van der Waals surface area contributed by atoms with Gasteiger partial charge in [0.05, 0.1) is 0 Å². The molecule has 0 aliphatic rings. The molecule has 0 N–H and O–H groups in total. The molecule has 0 aliphatic heterocycles. The van der Waals surface area contributed by atoms with E-state index in [-0.39, 0.29) is 13.5 Å². The molecule has 0 unspecified atom stereocenters. The summed E-state index contributed by atoms with van der Waals surface area (Å²) < 4.78 is 0. The van der Waals surface area contributed by atoms with Crippen LogP contribution in [0.4, 0.5) is 0 Å². The molecule has 3 aromatic carbocycles. The topological polar surface area (TPSA) is 0 Å². The van der Waals surface area contributed by atoms with E-state index in [4.69, 9.17) is 0 Å². The highest BCUT2D eigenvalue weighted by Gasteiger charge is 2.16. The Balaban J connectivity index is 0.00000192. The molecule has 2 heteroatoms. The molecule has 0 fully saturated rings. The molecule has 0 heterocycles. The third-order valence-corrected chi connectivity index (χ3v) is 6.32. The van der Waals surface area contributed by atoms with Gasteiger partial charge in [0.1, 0.15) is 0 Å². The van der Waals surface area contributed by atoms with E-state index >= 15 is 0 Å². The second-order valence-corrected chi connectivity index (χ2v) is 8.06.